The van der Waals surface area contributed by atoms with Gasteiger partial charge in [-0.15, -0.1) is 0 Å². The van der Waals surface area contributed by atoms with Crippen LogP contribution >= 0.6 is 0 Å². The summed E-state index contributed by atoms with van der Waals surface area (Å²) in [5.74, 6) is 3.08. The van der Waals surface area contributed by atoms with Crippen LogP contribution in [0.2, 0.25) is 0 Å². The fourth-order valence-electron chi connectivity index (χ4n) is 2.43. The minimum Gasteiger partial charge on any atom is -0.316 e. The van der Waals surface area contributed by atoms with Crippen molar-refractivity contribution in [3.8, 4) is 0 Å². The van der Waals surface area contributed by atoms with Gasteiger partial charge in [-0.2, -0.15) is 0 Å². The summed E-state index contributed by atoms with van der Waals surface area (Å²) in [6.45, 7) is 5.00. The summed E-state index contributed by atoms with van der Waals surface area (Å²) in [6, 6.07) is 0. The normalized spacial score (nSPS) is 49.7. The van der Waals surface area contributed by atoms with Gasteiger partial charge in [0.05, 0.1) is 0 Å². The van der Waals surface area contributed by atoms with E-state index in [4.69, 9.17) is 0 Å². The van der Waals surface area contributed by atoms with E-state index < -0.39 is 0 Å². The Kier molecular flexibility index (Phi) is 1.26. The molecule has 9 heavy (non-hydrogen) atoms. The van der Waals surface area contributed by atoms with Crippen LogP contribution in [-0.2, 0) is 0 Å². The molecular weight excluding hydrogens is 110 g/mol. The van der Waals surface area contributed by atoms with Crippen LogP contribution in [0.1, 0.15) is 19.8 Å². The van der Waals surface area contributed by atoms with Crippen molar-refractivity contribution in [2.45, 2.75) is 19.8 Å². The summed E-state index contributed by atoms with van der Waals surface area (Å²) in [6.07, 6.45) is 2.97. The molecule has 0 aromatic carbocycles. The van der Waals surface area contributed by atoms with Crippen molar-refractivity contribution in [1.82, 2.24) is 5.32 Å². The molecule has 0 amide bonds. The van der Waals surface area contributed by atoms with Crippen molar-refractivity contribution in [2.24, 2.45) is 17.8 Å². The maximum atomic E-state index is 3.45. The van der Waals surface area contributed by atoms with Crippen molar-refractivity contribution in [1.29, 1.82) is 0 Å². The second kappa shape index (κ2) is 1.98. The lowest BCUT2D eigenvalue weighted by Gasteiger charge is -2.10. The number of hydrogen-bond donors (Lipinski definition) is 1. The van der Waals surface area contributed by atoms with Gasteiger partial charge in [-0.05, 0) is 37.3 Å². The lowest BCUT2D eigenvalue weighted by Crippen LogP contribution is -2.13. The van der Waals surface area contributed by atoms with Crippen LogP contribution in [0.3, 0.4) is 0 Å². The molecular formula is C8H15N. The number of nitrogens with one attached hydrogen (secondary N) is 1. The third-order valence-corrected chi connectivity index (χ3v) is 3.12. The molecule has 0 aromatic heterocycles. The molecule has 2 rings (SSSR count). The molecule has 3 atom stereocenters. The van der Waals surface area contributed by atoms with E-state index in [0.29, 0.717) is 0 Å². The Bertz CT molecular complexity index is 111. The zero-order valence-electron chi connectivity index (χ0n) is 6.06. The first kappa shape index (κ1) is 5.72. The first-order valence-electron chi connectivity index (χ1n) is 4.08. The molecule has 1 N–H and O–H groups in total. The summed E-state index contributed by atoms with van der Waals surface area (Å²) in [5, 5.41) is 3.45. The smallest absolute Gasteiger partial charge is 0.00147 e. The highest BCUT2D eigenvalue weighted by atomic mass is 14.9. The Morgan fingerprint density at radius 1 is 1.22 bits per heavy atom. The van der Waals surface area contributed by atoms with Gasteiger partial charge in [-0.1, -0.05) is 13.3 Å². The topological polar surface area (TPSA) is 12.0 Å². The molecule has 0 aromatic rings. The van der Waals surface area contributed by atoms with Crippen molar-refractivity contribution >= 4 is 0 Å². The first-order chi connectivity index (χ1) is 4.38. The number of fused-ring (bicyclic) bond motifs is 1. The molecule has 1 heterocycles. The van der Waals surface area contributed by atoms with E-state index in [2.05, 4.69) is 12.2 Å². The monoisotopic (exact) mass is 125 g/mol. The third kappa shape index (κ3) is 0.787. The fourth-order valence-corrected chi connectivity index (χ4v) is 2.43. The Morgan fingerprint density at radius 3 is 2.89 bits per heavy atom. The molecule has 1 aliphatic carbocycles. The van der Waals surface area contributed by atoms with E-state index in [1.807, 2.05) is 0 Å². The second-order valence-corrected chi connectivity index (χ2v) is 3.64. The van der Waals surface area contributed by atoms with E-state index in [-0.39, 0.29) is 0 Å². The minimum atomic E-state index is 1.00. The molecule has 0 spiro atoms. The molecule has 1 nitrogen and oxygen atoms in total. The Balaban J connectivity index is 2.07. The number of hydrogen-bond acceptors (Lipinski definition) is 1. The van der Waals surface area contributed by atoms with E-state index in [1.54, 1.807) is 0 Å². The van der Waals surface area contributed by atoms with Gasteiger partial charge >= 0.3 is 0 Å². The molecule has 2 aliphatic rings. The van der Waals surface area contributed by atoms with Gasteiger partial charge < -0.3 is 5.32 Å². The highest BCUT2D eigenvalue weighted by Crippen LogP contribution is 2.38. The first-order valence-corrected chi connectivity index (χ1v) is 4.08. The van der Waals surface area contributed by atoms with E-state index in [1.165, 1.54) is 25.9 Å². The van der Waals surface area contributed by atoms with Crippen molar-refractivity contribution in [2.75, 3.05) is 13.1 Å². The van der Waals surface area contributed by atoms with Crippen molar-refractivity contribution in [3.05, 3.63) is 0 Å². The highest BCUT2D eigenvalue weighted by Gasteiger charge is 2.36. The van der Waals surface area contributed by atoms with Crippen molar-refractivity contribution in [3.63, 3.8) is 0 Å². The third-order valence-electron chi connectivity index (χ3n) is 3.12. The summed E-state index contributed by atoms with van der Waals surface area (Å²) >= 11 is 0. The molecule has 2 fully saturated rings. The average Bonchev–Trinajstić information content (AvgIpc) is 2.35. The quantitative estimate of drug-likeness (QED) is 0.514. The van der Waals surface area contributed by atoms with E-state index >= 15 is 0 Å². The maximum Gasteiger partial charge on any atom is -0.00147 e. The van der Waals surface area contributed by atoms with Crippen LogP contribution in [0.25, 0.3) is 0 Å². The lowest BCUT2D eigenvalue weighted by molar-refractivity contribution is 0.403. The Morgan fingerprint density at radius 2 is 2.11 bits per heavy atom. The van der Waals surface area contributed by atoms with Crippen LogP contribution in [0.4, 0.5) is 0 Å². The molecule has 0 unspecified atom stereocenters. The van der Waals surface area contributed by atoms with Crippen molar-refractivity contribution < 1.29 is 0 Å². The Hall–Kier alpha value is -0.0400. The SMILES string of the molecule is C[C@H]1CC[C@@H]2CNC[C@@H]21. The molecule has 1 saturated carbocycles. The standard InChI is InChI=1S/C8H15N/c1-6-2-3-7-4-9-5-8(6)7/h6-9H,2-5H2,1H3/t6-,7+,8+/m0/s1. The van der Waals surface area contributed by atoms with Crippen LogP contribution < -0.4 is 5.32 Å². The predicted octanol–water partition coefficient (Wildman–Crippen LogP) is 1.25. The van der Waals surface area contributed by atoms with Gasteiger partial charge in [0.1, 0.15) is 0 Å². The van der Waals surface area contributed by atoms with Crippen LogP contribution in [-0.4, -0.2) is 13.1 Å². The van der Waals surface area contributed by atoms with Gasteiger partial charge in [0.2, 0.25) is 0 Å². The van der Waals surface area contributed by atoms with E-state index in [9.17, 15) is 0 Å². The summed E-state index contributed by atoms with van der Waals surface area (Å²) in [5.41, 5.74) is 0. The molecule has 1 saturated heterocycles. The fraction of sp³-hybridized carbons (Fsp3) is 1.00. The van der Waals surface area contributed by atoms with Crippen LogP contribution in [0.15, 0.2) is 0 Å². The highest BCUT2D eigenvalue weighted by molar-refractivity contribution is 4.89. The summed E-state index contributed by atoms with van der Waals surface area (Å²) in [4.78, 5) is 0. The largest absolute Gasteiger partial charge is 0.316 e. The molecule has 0 radical (unpaired) electrons. The zero-order chi connectivity index (χ0) is 6.27. The second-order valence-electron chi connectivity index (χ2n) is 3.64. The average molecular weight is 125 g/mol. The summed E-state index contributed by atoms with van der Waals surface area (Å²) < 4.78 is 0. The molecule has 52 valence electrons. The van der Waals surface area contributed by atoms with Gasteiger partial charge in [0, 0.05) is 0 Å². The molecule has 0 bridgehead atoms. The lowest BCUT2D eigenvalue weighted by atomic mass is 9.94. The Labute approximate surface area is 56.8 Å². The minimum absolute atomic E-state index is 1.00. The van der Waals surface area contributed by atoms with Gasteiger partial charge in [-0.3, -0.25) is 0 Å². The number of rotatable bonds is 0. The van der Waals surface area contributed by atoms with Crippen LogP contribution in [0.5, 0.6) is 0 Å². The maximum absolute atomic E-state index is 3.45. The van der Waals surface area contributed by atoms with Crippen LogP contribution in [0, 0.1) is 17.8 Å². The molecule has 1 aliphatic heterocycles. The zero-order valence-corrected chi connectivity index (χ0v) is 6.06. The molecule has 1 heteroatoms. The van der Waals surface area contributed by atoms with Gasteiger partial charge in [0.15, 0.2) is 0 Å². The predicted molar refractivity (Wildman–Crippen MR) is 38.2 cm³/mol. The summed E-state index contributed by atoms with van der Waals surface area (Å²) in [7, 11) is 0. The van der Waals surface area contributed by atoms with Gasteiger partial charge in [0.25, 0.3) is 0 Å². The van der Waals surface area contributed by atoms with Gasteiger partial charge in [-0.25, -0.2) is 0 Å². The van der Waals surface area contributed by atoms with E-state index in [0.717, 1.165) is 17.8 Å².